The van der Waals surface area contributed by atoms with Crippen molar-refractivity contribution in [3.05, 3.63) is 47.5 Å². The zero-order valence-electron chi connectivity index (χ0n) is 12.9. The van der Waals surface area contributed by atoms with Gasteiger partial charge in [-0.2, -0.15) is 0 Å². The highest BCUT2D eigenvalue weighted by molar-refractivity contribution is 5.81. The molecule has 1 aliphatic rings. The maximum absolute atomic E-state index is 12.6. The minimum atomic E-state index is -0.278. The number of benzene rings is 1. The first-order valence-electron chi connectivity index (χ1n) is 7.45. The molecule has 1 atom stereocenters. The summed E-state index contributed by atoms with van der Waals surface area (Å²) in [5, 5.41) is 8.34. The third kappa shape index (κ3) is 2.74. The normalized spacial score (nSPS) is 17.6. The third-order valence-corrected chi connectivity index (χ3v) is 4.01. The first-order chi connectivity index (χ1) is 10.7. The van der Waals surface area contributed by atoms with Crippen LogP contribution in [0.4, 0.5) is 0 Å². The van der Waals surface area contributed by atoms with Crippen molar-refractivity contribution in [2.24, 2.45) is 0 Å². The highest BCUT2D eigenvalue weighted by atomic mass is 16.5. The van der Waals surface area contributed by atoms with Crippen LogP contribution in [0.15, 0.2) is 30.3 Å². The molecule has 1 aliphatic heterocycles. The lowest BCUT2D eigenvalue weighted by Gasteiger charge is -2.32. The Morgan fingerprint density at radius 2 is 2.05 bits per heavy atom. The molecule has 0 N–H and O–H groups in total. The van der Waals surface area contributed by atoms with Crippen LogP contribution in [0, 0.1) is 0 Å². The number of nitrogens with zero attached hydrogens (tertiary/aromatic N) is 4. The summed E-state index contributed by atoms with van der Waals surface area (Å²) in [6.45, 7) is 3.46. The Kier molecular flexibility index (Phi) is 4.20. The molecule has 2 heterocycles. The molecule has 0 saturated carbocycles. The number of carbonyl (C=O) groups excluding carboxylic acids is 1. The molecule has 6 heteroatoms. The SMILES string of the molecule is COCc1nnc2n1[C@H](C)C(=O)N(CCc1ccccc1)C2. The molecule has 0 aliphatic carbocycles. The Hall–Kier alpha value is -2.21. The summed E-state index contributed by atoms with van der Waals surface area (Å²) in [6, 6.07) is 9.92. The number of fused-ring (bicyclic) bond motifs is 1. The highest BCUT2D eigenvalue weighted by Gasteiger charge is 2.32. The summed E-state index contributed by atoms with van der Waals surface area (Å²) in [7, 11) is 1.61. The second-order valence-electron chi connectivity index (χ2n) is 5.51. The summed E-state index contributed by atoms with van der Waals surface area (Å²) in [6.07, 6.45) is 0.846. The molecule has 3 rings (SSSR count). The molecular weight excluding hydrogens is 280 g/mol. The number of rotatable bonds is 5. The van der Waals surface area contributed by atoms with Gasteiger partial charge in [0.2, 0.25) is 5.91 Å². The highest BCUT2D eigenvalue weighted by Crippen LogP contribution is 2.23. The van der Waals surface area contributed by atoms with E-state index in [-0.39, 0.29) is 11.9 Å². The first-order valence-corrected chi connectivity index (χ1v) is 7.45. The number of amides is 1. The van der Waals surface area contributed by atoms with Gasteiger partial charge in [-0.15, -0.1) is 10.2 Å². The standard InChI is InChI=1S/C16H20N4O2/c1-12-16(21)19(9-8-13-6-4-3-5-7-13)10-14-17-18-15(11-22-2)20(12)14/h3-7,12H,8-11H2,1-2H3/t12-/m1/s1. The van der Waals surface area contributed by atoms with Gasteiger partial charge in [-0.1, -0.05) is 30.3 Å². The van der Waals surface area contributed by atoms with E-state index in [4.69, 9.17) is 4.74 Å². The van der Waals surface area contributed by atoms with Crippen LogP contribution in [0.1, 0.15) is 30.2 Å². The van der Waals surface area contributed by atoms with Crippen LogP contribution < -0.4 is 0 Å². The van der Waals surface area contributed by atoms with Gasteiger partial charge in [0, 0.05) is 13.7 Å². The van der Waals surface area contributed by atoms with Crippen LogP contribution in [0.2, 0.25) is 0 Å². The first kappa shape index (κ1) is 14.7. The van der Waals surface area contributed by atoms with Crippen LogP contribution >= 0.6 is 0 Å². The fourth-order valence-electron chi connectivity index (χ4n) is 2.86. The van der Waals surface area contributed by atoms with Gasteiger partial charge in [0.25, 0.3) is 0 Å². The van der Waals surface area contributed by atoms with E-state index in [2.05, 4.69) is 22.3 Å². The Morgan fingerprint density at radius 3 is 2.77 bits per heavy atom. The molecule has 0 bridgehead atoms. The number of methoxy groups -OCH3 is 1. The zero-order chi connectivity index (χ0) is 15.5. The second kappa shape index (κ2) is 6.27. The van der Waals surface area contributed by atoms with Crippen LogP contribution in [-0.4, -0.2) is 39.2 Å². The molecule has 0 spiro atoms. The number of ether oxygens (including phenoxy) is 1. The van der Waals surface area contributed by atoms with E-state index in [0.717, 1.165) is 12.2 Å². The van der Waals surface area contributed by atoms with E-state index in [1.807, 2.05) is 34.6 Å². The summed E-state index contributed by atoms with van der Waals surface area (Å²) in [5.41, 5.74) is 1.23. The molecule has 6 nitrogen and oxygen atoms in total. The van der Waals surface area contributed by atoms with Gasteiger partial charge >= 0.3 is 0 Å². The number of aromatic nitrogens is 3. The van der Waals surface area contributed by atoms with Crippen molar-refractivity contribution in [2.75, 3.05) is 13.7 Å². The van der Waals surface area contributed by atoms with E-state index in [1.165, 1.54) is 5.56 Å². The summed E-state index contributed by atoms with van der Waals surface area (Å²) in [4.78, 5) is 14.4. The van der Waals surface area contributed by atoms with Gasteiger partial charge in [0.15, 0.2) is 11.6 Å². The summed E-state index contributed by atoms with van der Waals surface area (Å²) >= 11 is 0. The lowest BCUT2D eigenvalue weighted by Crippen LogP contribution is -2.43. The van der Waals surface area contributed by atoms with Gasteiger partial charge in [0.1, 0.15) is 12.6 Å². The largest absolute Gasteiger partial charge is 0.377 e. The molecular formula is C16H20N4O2. The predicted octanol–water partition coefficient (Wildman–Crippen LogP) is 1.57. The fourth-order valence-corrected chi connectivity index (χ4v) is 2.86. The predicted molar refractivity (Wildman–Crippen MR) is 81.0 cm³/mol. The van der Waals surface area contributed by atoms with E-state index in [1.54, 1.807) is 7.11 Å². The smallest absolute Gasteiger partial charge is 0.245 e. The molecule has 0 saturated heterocycles. The number of hydrogen-bond donors (Lipinski definition) is 0. The molecule has 22 heavy (non-hydrogen) atoms. The van der Waals surface area contributed by atoms with E-state index in [0.29, 0.717) is 25.5 Å². The molecule has 1 aromatic carbocycles. The van der Waals surface area contributed by atoms with E-state index in [9.17, 15) is 4.79 Å². The molecule has 2 aromatic rings. The fraction of sp³-hybridized carbons (Fsp3) is 0.438. The van der Waals surface area contributed by atoms with Gasteiger partial charge in [-0.25, -0.2) is 0 Å². The van der Waals surface area contributed by atoms with Crippen molar-refractivity contribution in [1.29, 1.82) is 0 Å². The minimum Gasteiger partial charge on any atom is -0.377 e. The van der Waals surface area contributed by atoms with Gasteiger partial charge in [0.05, 0.1) is 6.54 Å². The van der Waals surface area contributed by atoms with Crippen LogP contribution in [0.3, 0.4) is 0 Å². The van der Waals surface area contributed by atoms with E-state index < -0.39 is 0 Å². The topological polar surface area (TPSA) is 60.3 Å². The molecule has 116 valence electrons. The maximum Gasteiger partial charge on any atom is 0.245 e. The second-order valence-corrected chi connectivity index (χ2v) is 5.51. The number of hydrogen-bond acceptors (Lipinski definition) is 4. The van der Waals surface area contributed by atoms with Gasteiger partial charge in [-0.3, -0.25) is 9.36 Å². The van der Waals surface area contributed by atoms with Crippen molar-refractivity contribution in [3.8, 4) is 0 Å². The average Bonchev–Trinajstić information content (AvgIpc) is 2.94. The molecule has 1 amide bonds. The monoisotopic (exact) mass is 300 g/mol. The summed E-state index contributed by atoms with van der Waals surface area (Å²) < 4.78 is 7.01. The van der Waals surface area contributed by atoms with Crippen LogP contribution in [0.25, 0.3) is 0 Å². The molecule has 0 unspecified atom stereocenters. The van der Waals surface area contributed by atoms with Crippen molar-refractivity contribution in [1.82, 2.24) is 19.7 Å². The van der Waals surface area contributed by atoms with Crippen LogP contribution in [0.5, 0.6) is 0 Å². The average molecular weight is 300 g/mol. The Labute approximate surface area is 129 Å². The lowest BCUT2D eigenvalue weighted by molar-refractivity contribution is -0.137. The van der Waals surface area contributed by atoms with Crippen molar-refractivity contribution in [2.45, 2.75) is 32.5 Å². The third-order valence-electron chi connectivity index (χ3n) is 4.01. The van der Waals surface area contributed by atoms with Crippen molar-refractivity contribution < 1.29 is 9.53 Å². The number of carbonyl (C=O) groups is 1. The maximum atomic E-state index is 12.6. The molecule has 0 fully saturated rings. The lowest BCUT2D eigenvalue weighted by atomic mass is 10.1. The van der Waals surface area contributed by atoms with Crippen molar-refractivity contribution in [3.63, 3.8) is 0 Å². The quantitative estimate of drug-likeness (QED) is 0.841. The van der Waals surface area contributed by atoms with Crippen molar-refractivity contribution >= 4 is 5.91 Å². The van der Waals surface area contributed by atoms with Gasteiger partial charge < -0.3 is 9.64 Å². The molecule has 0 radical (unpaired) electrons. The Balaban J connectivity index is 1.74. The minimum absolute atomic E-state index is 0.112. The Bertz CT molecular complexity index is 653. The van der Waals surface area contributed by atoms with Gasteiger partial charge in [-0.05, 0) is 18.9 Å². The molecule has 1 aromatic heterocycles. The van der Waals surface area contributed by atoms with Crippen LogP contribution in [-0.2, 0) is 29.1 Å². The summed E-state index contributed by atoms with van der Waals surface area (Å²) in [5.74, 6) is 1.65. The van der Waals surface area contributed by atoms with E-state index >= 15 is 0 Å². The zero-order valence-corrected chi connectivity index (χ0v) is 12.9. The Morgan fingerprint density at radius 1 is 1.27 bits per heavy atom.